The molecule has 0 spiro atoms. The van der Waals surface area contributed by atoms with E-state index in [-0.39, 0.29) is 0 Å². The Morgan fingerprint density at radius 3 is 2.27 bits per heavy atom. The molecule has 0 saturated carbocycles. The summed E-state index contributed by atoms with van der Waals surface area (Å²) in [5.41, 5.74) is 14.8. The van der Waals surface area contributed by atoms with Crippen molar-refractivity contribution in [3.05, 3.63) is 29.8 Å². The first-order chi connectivity index (χ1) is 5.16. The minimum absolute atomic E-state index is 0.728. The van der Waals surface area contributed by atoms with Gasteiger partial charge in [0.15, 0.2) is 0 Å². The van der Waals surface area contributed by atoms with E-state index in [0.29, 0.717) is 0 Å². The fourth-order valence-corrected chi connectivity index (χ4v) is 1.04. The average molecular weight is 148 g/mol. The van der Waals surface area contributed by atoms with Gasteiger partial charge in [-0.1, -0.05) is 12.7 Å². The summed E-state index contributed by atoms with van der Waals surface area (Å²) in [7, 11) is 0. The van der Waals surface area contributed by atoms with E-state index in [4.69, 9.17) is 11.5 Å². The Hall–Kier alpha value is -1.44. The Labute approximate surface area is 66.5 Å². The smallest absolute Gasteiger partial charge is 0.0391 e. The Morgan fingerprint density at radius 1 is 1.27 bits per heavy atom. The van der Waals surface area contributed by atoms with E-state index in [0.717, 1.165) is 22.5 Å². The molecule has 0 aliphatic heterocycles. The van der Waals surface area contributed by atoms with Gasteiger partial charge in [-0.25, -0.2) is 0 Å². The maximum Gasteiger partial charge on any atom is 0.0391 e. The molecule has 0 unspecified atom stereocenters. The topological polar surface area (TPSA) is 52.0 Å². The third-order valence-corrected chi connectivity index (χ3v) is 1.79. The molecule has 0 amide bonds. The van der Waals surface area contributed by atoms with E-state index in [9.17, 15) is 0 Å². The highest BCUT2D eigenvalue weighted by molar-refractivity contribution is 5.72. The van der Waals surface area contributed by atoms with Crippen molar-refractivity contribution in [2.24, 2.45) is 0 Å². The van der Waals surface area contributed by atoms with Gasteiger partial charge < -0.3 is 11.5 Å². The van der Waals surface area contributed by atoms with Crippen LogP contribution in [0.15, 0.2) is 18.7 Å². The summed E-state index contributed by atoms with van der Waals surface area (Å²) in [6.07, 6.45) is 1.72. The van der Waals surface area contributed by atoms with Gasteiger partial charge in [0.25, 0.3) is 0 Å². The summed E-state index contributed by atoms with van der Waals surface area (Å²) in [4.78, 5) is 0. The number of nitrogen functional groups attached to an aromatic ring is 2. The molecule has 0 heterocycles. The van der Waals surface area contributed by atoms with Crippen molar-refractivity contribution in [1.29, 1.82) is 0 Å². The van der Waals surface area contributed by atoms with Gasteiger partial charge in [-0.15, -0.1) is 0 Å². The van der Waals surface area contributed by atoms with E-state index < -0.39 is 0 Å². The third kappa shape index (κ3) is 1.19. The van der Waals surface area contributed by atoms with Crippen LogP contribution in [-0.4, -0.2) is 0 Å². The largest absolute Gasteiger partial charge is 0.398 e. The third-order valence-electron chi connectivity index (χ3n) is 1.79. The normalized spacial score (nSPS) is 9.55. The minimum Gasteiger partial charge on any atom is -0.398 e. The van der Waals surface area contributed by atoms with Crippen LogP contribution in [0.2, 0.25) is 0 Å². The molecule has 0 aromatic heterocycles. The summed E-state index contributed by atoms with van der Waals surface area (Å²) in [5.74, 6) is 0. The molecular weight excluding hydrogens is 136 g/mol. The lowest BCUT2D eigenvalue weighted by Gasteiger charge is -2.06. The quantitative estimate of drug-likeness (QED) is 0.597. The Kier molecular flexibility index (Phi) is 1.85. The number of nitrogens with two attached hydrogens (primary N) is 2. The van der Waals surface area contributed by atoms with E-state index in [2.05, 4.69) is 6.58 Å². The maximum absolute atomic E-state index is 5.67. The van der Waals surface area contributed by atoms with Crippen molar-refractivity contribution in [3.63, 3.8) is 0 Å². The number of benzene rings is 1. The lowest BCUT2D eigenvalue weighted by Crippen LogP contribution is -1.96. The lowest BCUT2D eigenvalue weighted by molar-refractivity contribution is 1.45. The van der Waals surface area contributed by atoms with Gasteiger partial charge in [0.1, 0.15) is 0 Å². The predicted octanol–water partition coefficient (Wildman–Crippen LogP) is 1.80. The van der Waals surface area contributed by atoms with E-state index in [1.165, 1.54) is 0 Å². The molecule has 2 nitrogen and oxygen atoms in total. The zero-order valence-corrected chi connectivity index (χ0v) is 6.59. The summed E-state index contributed by atoms with van der Waals surface area (Å²) in [6.45, 7) is 5.59. The molecule has 0 aliphatic carbocycles. The van der Waals surface area contributed by atoms with E-state index in [1.54, 1.807) is 18.2 Å². The summed E-state index contributed by atoms with van der Waals surface area (Å²) < 4.78 is 0. The van der Waals surface area contributed by atoms with E-state index in [1.807, 2.05) is 6.92 Å². The maximum atomic E-state index is 5.67. The number of rotatable bonds is 1. The first-order valence-corrected chi connectivity index (χ1v) is 3.43. The molecule has 0 fully saturated rings. The molecule has 1 aromatic carbocycles. The molecule has 0 saturated heterocycles. The molecule has 1 rings (SSSR count). The molecule has 0 bridgehead atoms. The van der Waals surface area contributed by atoms with Gasteiger partial charge in [0.2, 0.25) is 0 Å². The summed E-state index contributed by atoms with van der Waals surface area (Å²) in [6, 6.07) is 3.59. The van der Waals surface area contributed by atoms with Gasteiger partial charge in [-0.05, 0) is 24.6 Å². The van der Waals surface area contributed by atoms with Crippen LogP contribution in [0.5, 0.6) is 0 Å². The first kappa shape index (κ1) is 7.66. The molecule has 0 radical (unpaired) electrons. The Morgan fingerprint density at radius 2 is 1.82 bits per heavy atom. The SMILES string of the molecule is C=Cc1c(N)ccc(N)c1C. The lowest BCUT2D eigenvalue weighted by atomic mass is 10.1. The molecule has 2 heteroatoms. The highest BCUT2D eigenvalue weighted by Crippen LogP contribution is 2.22. The highest BCUT2D eigenvalue weighted by atomic mass is 14.6. The predicted molar refractivity (Wildman–Crippen MR) is 50.1 cm³/mol. The molecule has 58 valence electrons. The van der Waals surface area contributed by atoms with Gasteiger partial charge >= 0.3 is 0 Å². The van der Waals surface area contributed by atoms with Gasteiger partial charge in [-0.2, -0.15) is 0 Å². The zero-order valence-electron chi connectivity index (χ0n) is 6.59. The minimum atomic E-state index is 0.728. The van der Waals surface area contributed by atoms with Crippen LogP contribution < -0.4 is 11.5 Å². The van der Waals surface area contributed by atoms with Crippen molar-refractivity contribution in [2.75, 3.05) is 11.5 Å². The van der Waals surface area contributed by atoms with Crippen molar-refractivity contribution < 1.29 is 0 Å². The summed E-state index contributed by atoms with van der Waals surface area (Å²) >= 11 is 0. The van der Waals surface area contributed by atoms with Gasteiger partial charge in [0.05, 0.1) is 0 Å². The fourth-order valence-electron chi connectivity index (χ4n) is 1.04. The van der Waals surface area contributed by atoms with E-state index >= 15 is 0 Å². The van der Waals surface area contributed by atoms with Crippen molar-refractivity contribution >= 4 is 17.5 Å². The standard InChI is InChI=1S/C9H12N2/c1-3-7-6(2)8(10)4-5-9(7)11/h3-5H,1,10-11H2,2H3. The molecule has 0 atom stereocenters. The molecule has 1 aromatic rings. The van der Waals surface area contributed by atoms with Crippen LogP contribution in [0.1, 0.15) is 11.1 Å². The Balaban J connectivity index is 3.40. The number of hydrogen-bond donors (Lipinski definition) is 2. The van der Waals surface area contributed by atoms with Crippen molar-refractivity contribution in [3.8, 4) is 0 Å². The van der Waals surface area contributed by atoms with Crippen molar-refractivity contribution in [1.82, 2.24) is 0 Å². The molecular formula is C9H12N2. The van der Waals surface area contributed by atoms with Gasteiger partial charge in [-0.3, -0.25) is 0 Å². The highest BCUT2D eigenvalue weighted by Gasteiger charge is 2.00. The zero-order chi connectivity index (χ0) is 8.43. The second kappa shape index (κ2) is 2.66. The van der Waals surface area contributed by atoms with Crippen LogP contribution in [0, 0.1) is 6.92 Å². The Bertz CT molecular complexity index is 290. The van der Waals surface area contributed by atoms with Crippen LogP contribution in [-0.2, 0) is 0 Å². The van der Waals surface area contributed by atoms with Crippen LogP contribution >= 0.6 is 0 Å². The second-order valence-electron chi connectivity index (χ2n) is 2.49. The average Bonchev–Trinajstić information content (AvgIpc) is 1.99. The van der Waals surface area contributed by atoms with Crippen LogP contribution in [0.3, 0.4) is 0 Å². The monoisotopic (exact) mass is 148 g/mol. The van der Waals surface area contributed by atoms with Crippen molar-refractivity contribution in [2.45, 2.75) is 6.92 Å². The number of anilines is 2. The fraction of sp³-hybridized carbons (Fsp3) is 0.111. The first-order valence-electron chi connectivity index (χ1n) is 3.43. The summed E-state index contributed by atoms with van der Waals surface area (Å²) in [5, 5.41) is 0. The molecule has 11 heavy (non-hydrogen) atoms. The second-order valence-corrected chi connectivity index (χ2v) is 2.49. The van der Waals surface area contributed by atoms with Crippen LogP contribution in [0.4, 0.5) is 11.4 Å². The number of hydrogen-bond acceptors (Lipinski definition) is 2. The molecule has 4 N–H and O–H groups in total. The van der Waals surface area contributed by atoms with Gasteiger partial charge in [0, 0.05) is 16.9 Å². The van der Waals surface area contributed by atoms with Crippen LogP contribution in [0.25, 0.3) is 6.08 Å². The molecule has 0 aliphatic rings.